The normalized spacial score (nSPS) is 23.5. The second-order valence-electron chi connectivity index (χ2n) is 7.39. The first kappa shape index (κ1) is 17.7. The van der Waals surface area contributed by atoms with Crippen LogP contribution < -0.4 is 10.6 Å². The van der Waals surface area contributed by atoms with E-state index in [-0.39, 0.29) is 0 Å². The first-order valence-corrected chi connectivity index (χ1v) is 10.9. The Morgan fingerprint density at radius 2 is 1.62 bits per heavy atom. The average molecular weight is 366 g/mol. The maximum absolute atomic E-state index is 6.08. The number of nitrogens with zero attached hydrogens (tertiary/aromatic N) is 2. The predicted octanol–water partition coefficient (Wildman–Crippen LogP) is 3.95. The van der Waals surface area contributed by atoms with Crippen molar-refractivity contribution in [2.24, 2.45) is 10.9 Å². The van der Waals surface area contributed by atoms with Crippen molar-refractivity contribution in [3.05, 3.63) is 60.7 Å². The van der Waals surface area contributed by atoms with Gasteiger partial charge in [-0.1, -0.05) is 74.5 Å². The highest BCUT2D eigenvalue weighted by atomic mass is 31.1. The molecule has 0 spiro atoms. The van der Waals surface area contributed by atoms with Crippen molar-refractivity contribution in [2.45, 2.75) is 38.8 Å². The lowest BCUT2D eigenvalue weighted by Gasteiger charge is -2.33. The van der Waals surface area contributed by atoms with Gasteiger partial charge in [-0.15, -0.1) is 0 Å². The fourth-order valence-corrected chi connectivity index (χ4v) is 6.39. The average Bonchev–Trinajstić information content (AvgIpc) is 3.33. The fraction of sp³-hybridized carbons (Fsp3) is 0.409. The van der Waals surface area contributed by atoms with Crippen LogP contribution >= 0.6 is 8.07 Å². The van der Waals surface area contributed by atoms with Gasteiger partial charge in [0, 0.05) is 14.6 Å². The summed E-state index contributed by atoms with van der Waals surface area (Å²) in [6, 6.07) is 22.5. The maximum atomic E-state index is 6.08. The molecule has 0 aromatic heterocycles. The number of rotatable bonds is 5. The van der Waals surface area contributed by atoms with E-state index in [1.54, 1.807) is 0 Å². The fourth-order valence-electron chi connectivity index (χ4n) is 3.76. The molecule has 2 aliphatic rings. The summed E-state index contributed by atoms with van der Waals surface area (Å²) < 4.78 is 8.74. The van der Waals surface area contributed by atoms with Gasteiger partial charge >= 0.3 is 0 Å². The molecule has 2 heterocycles. The van der Waals surface area contributed by atoms with E-state index >= 15 is 0 Å². The summed E-state index contributed by atoms with van der Waals surface area (Å²) in [5.74, 6) is 1.51. The lowest BCUT2D eigenvalue weighted by Crippen LogP contribution is -2.37. The zero-order valence-corrected chi connectivity index (χ0v) is 16.5. The topological polar surface area (TPSA) is 24.8 Å². The summed E-state index contributed by atoms with van der Waals surface area (Å²) in [5.41, 5.74) is 0. The summed E-state index contributed by atoms with van der Waals surface area (Å²) in [5, 5.41) is 2.80. The second kappa shape index (κ2) is 7.90. The van der Waals surface area contributed by atoms with Gasteiger partial charge in [-0.25, -0.2) is 4.99 Å². The largest absolute Gasteiger partial charge is 0.478 e. The molecule has 2 aromatic rings. The third-order valence-corrected chi connectivity index (χ3v) is 7.80. The molecule has 136 valence electrons. The molecule has 1 fully saturated rings. The van der Waals surface area contributed by atoms with Crippen LogP contribution in [0.5, 0.6) is 0 Å². The molecule has 26 heavy (non-hydrogen) atoms. The Kier molecular flexibility index (Phi) is 5.38. The minimum absolute atomic E-state index is 0.310. The van der Waals surface area contributed by atoms with Crippen molar-refractivity contribution in [3.63, 3.8) is 0 Å². The van der Waals surface area contributed by atoms with Crippen LogP contribution in [0.2, 0.25) is 0 Å². The van der Waals surface area contributed by atoms with Crippen molar-refractivity contribution in [1.29, 1.82) is 0 Å². The summed E-state index contributed by atoms with van der Waals surface area (Å²) in [6.45, 7) is 6.31. The van der Waals surface area contributed by atoms with Gasteiger partial charge in [0.05, 0.1) is 12.1 Å². The molecule has 0 saturated carbocycles. The lowest BCUT2D eigenvalue weighted by atomic mass is 10.1. The Morgan fingerprint density at radius 1 is 1.00 bits per heavy atom. The molecule has 2 aromatic carbocycles. The van der Waals surface area contributed by atoms with Crippen LogP contribution in [-0.4, -0.2) is 35.8 Å². The van der Waals surface area contributed by atoms with Gasteiger partial charge < -0.3 is 4.74 Å². The summed E-state index contributed by atoms with van der Waals surface area (Å²) >= 11 is 0. The van der Waals surface area contributed by atoms with Gasteiger partial charge in [-0.05, 0) is 29.4 Å². The van der Waals surface area contributed by atoms with E-state index in [0.29, 0.717) is 18.0 Å². The first-order valence-electron chi connectivity index (χ1n) is 9.61. The van der Waals surface area contributed by atoms with Gasteiger partial charge in [0.2, 0.25) is 5.90 Å². The Morgan fingerprint density at radius 3 is 2.15 bits per heavy atom. The van der Waals surface area contributed by atoms with Crippen LogP contribution in [0.15, 0.2) is 65.7 Å². The van der Waals surface area contributed by atoms with Crippen LogP contribution in [0.25, 0.3) is 0 Å². The van der Waals surface area contributed by atoms with Gasteiger partial charge in [-0.3, -0.25) is 4.67 Å². The van der Waals surface area contributed by atoms with Crippen molar-refractivity contribution in [1.82, 2.24) is 4.67 Å². The van der Waals surface area contributed by atoms with Crippen LogP contribution in [0.4, 0.5) is 0 Å². The van der Waals surface area contributed by atoms with Crippen molar-refractivity contribution in [2.75, 3.05) is 13.2 Å². The van der Waals surface area contributed by atoms with Crippen LogP contribution in [-0.2, 0) is 4.74 Å². The number of hydrogen-bond acceptors (Lipinski definition) is 3. The van der Waals surface area contributed by atoms with E-state index in [4.69, 9.17) is 9.73 Å². The van der Waals surface area contributed by atoms with E-state index in [2.05, 4.69) is 79.2 Å². The molecule has 0 aliphatic carbocycles. The van der Waals surface area contributed by atoms with E-state index in [9.17, 15) is 0 Å². The third-order valence-electron chi connectivity index (χ3n) is 5.23. The third kappa shape index (κ3) is 3.56. The number of aliphatic imine (C=N–C) groups is 1. The van der Waals surface area contributed by atoms with E-state index in [1.165, 1.54) is 17.0 Å². The summed E-state index contributed by atoms with van der Waals surface area (Å²) in [7, 11) is -0.565. The molecule has 0 bridgehead atoms. The summed E-state index contributed by atoms with van der Waals surface area (Å²) in [6.07, 6.45) is 2.35. The van der Waals surface area contributed by atoms with Crippen molar-refractivity contribution >= 4 is 24.6 Å². The molecule has 0 unspecified atom stereocenters. The Balaban J connectivity index is 1.68. The smallest absolute Gasteiger partial charge is 0.201 e. The Bertz CT molecular complexity index is 708. The Hall–Kier alpha value is -1.70. The predicted molar refractivity (Wildman–Crippen MR) is 111 cm³/mol. The standard InChI is InChI=1S/C22H27N2OP/c1-17(2)20-16-25-22(23-20)21-14-9-15-24(21)26(18-10-5-3-6-11-18)19-12-7-4-8-13-19/h3-8,10-13,17,20-21H,9,14-16H2,1-2H3/t20-,21+/m1/s1. The number of benzene rings is 2. The van der Waals surface area contributed by atoms with Crippen molar-refractivity contribution in [3.8, 4) is 0 Å². The maximum Gasteiger partial charge on any atom is 0.201 e. The van der Waals surface area contributed by atoms with Crippen LogP contribution in [0, 0.1) is 5.92 Å². The van der Waals surface area contributed by atoms with Gasteiger partial charge in [-0.2, -0.15) is 0 Å². The van der Waals surface area contributed by atoms with E-state index in [0.717, 1.165) is 25.5 Å². The molecular formula is C22H27N2OP. The molecule has 2 aliphatic heterocycles. The highest BCUT2D eigenvalue weighted by Gasteiger charge is 2.39. The van der Waals surface area contributed by atoms with Crippen molar-refractivity contribution < 1.29 is 4.74 Å². The first-order chi connectivity index (χ1) is 12.7. The van der Waals surface area contributed by atoms with Gasteiger partial charge in [0.25, 0.3) is 0 Å². The molecular weight excluding hydrogens is 339 g/mol. The molecule has 0 amide bonds. The monoisotopic (exact) mass is 366 g/mol. The van der Waals surface area contributed by atoms with Gasteiger partial charge in [0.1, 0.15) is 6.61 Å². The van der Waals surface area contributed by atoms with Gasteiger partial charge in [0.15, 0.2) is 0 Å². The van der Waals surface area contributed by atoms with Crippen LogP contribution in [0.3, 0.4) is 0 Å². The molecule has 3 nitrogen and oxygen atoms in total. The van der Waals surface area contributed by atoms with Crippen LogP contribution in [0.1, 0.15) is 26.7 Å². The lowest BCUT2D eigenvalue weighted by molar-refractivity contribution is 0.273. The Labute approximate surface area is 157 Å². The molecule has 2 atom stereocenters. The SMILES string of the molecule is CC(C)[C@H]1COC([C@@H]2CCCN2P(c2ccccc2)c2ccccc2)=N1. The quantitative estimate of drug-likeness (QED) is 0.749. The summed E-state index contributed by atoms with van der Waals surface area (Å²) in [4.78, 5) is 4.95. The van der Waals surface area contributed by atoms with E-state index in [1.807, 2.05) is 0 Å². The molecule has 4 heteroatoms. The highest BCUT2D eigenvalue weighted by molar-refractivity contribution is 7.70. The molecule has 4 rings (SSSR count). The number of hydrogen-bond donors (Lipinski definition) is 0. The second-order valence-corrected chi connectivity index (χ2v) is 9.56. The zero-order valence-electron chi connectivity index (χ0n) is 15.6. The minimum Gasteiger partial charge on any atom is -0.478 e. The molecule has 0 N–H and O–H groups in total. The highest BCUT2D eigenvalue weighted by Crippen LogP contribution is 2.44. The number of ether oxygens (including phenoxy) is 1. The minimum atomic E-state index is -0.565. The van der Waals surface area contributed by atoms with E-state index < -0.39 is 8.07 Å². The zero-order chi connectivity index (χ0) is 17.9. The molecule has 1 saturated heterocycles. The molecule has 0 radical (unpaired) electrons.